The van der Waals surface area contributed by atoms with Gasteiger partial charge in [0, 0.05) is 36.6 Å². The van der Waals surface area contributed by atoms with Crippen LogP contribution in [0.3, 0.4) is 0 Å². The first-order chi connectivity index (χ1) is 10.1. The third kappa shape index (κ3) is 3.04. The van der Waals surface area contributed by atoms with Crippen LogP contribution in [-0.2, 0) is 11.2 Å². The van der Waals surface area contributed by atoms with E-state index >= 15 is 0 Å². The molecule has 4 heteroatoms. The van der Waals surface area contributed by atoms with Gasteiger partial charge in [-0.05, 0) is 24.1 Å². The third-order valence-corrected chi connectivity index (χ3v) is 4.49. The second-order valence-electron chi connectivity index (χ2n) is 5.61. The number of hydrogen-bond donors (Lipinski definition) is 0. The van der Waals surface area contributed by atoms with E-state index in [1.165, 1.54) is 0 Å². The van der Waals surface area contributed by atoms with Crippen molar-refractivity contribution < 1.29 is 4.79 Å². The molecular formula is C17H19ClN2O. The number of fused-ring (bicyclic) bond motifs is 1. The third-order valence-electron chi connectivity index (χ3n) is 4.16. The highest BCUT2D eigenvalue weighted by atomic mass is 35.5. The van der Waals surface area contributed by atoms with E-state index in [1.54, 1.807) is 0 Å². The minimum Gasteiger partial charge on any atom is -0.340 e. The number of carbonyl (C=O) groups is 1. The maximum absolute atomic E-state index is 12.5. The zero-order valence-corrected chi connectivity index (χ0v) is 12.9. The lowest BCUT2D eigenvalue weighted by Crippen LogP contribution is -2.47. The average Bonchev–Trinajstić information content (AvgIpc) is 2.51. The van der Waals surface area contributed by atoms with E-state index in [9.17, 15) is 4.79 Å². The number of amides is 1. The summed E-state index contributed by atoms with van der Waals surface area (Å²) < 4.78 is 0. The molecule has 3 nitrogen and oxygen atoms in total. The maximum atomic E-state index is 12.5. The van der Waals surface area contributed by atoms with Crippen LogP contribution in [0.2, 0.25) is 5.02 Å². The molecule has 2 aromatic carbocycles. The zero-order valence-electron chi connectivity index (χ0n) is 12.2. The Labute approximate surface area is 130 Å². The van der Waals surface area contributed by atoms with Gasteiger partial charge < -0.3 is 9.80 Å². The van der Waals surface area contributed by atoms with Crippen molar-refractivity contribution in [3.63, 3.8) is 0 Å². The largest absolute Gasteiger partial charge is 0.340 e. The highest BCUT2D eigenvalue weighted by Crippen LogP contribution is 2.27. The van der Waals surface area contributed by atoms with E-state index in [0.717, 1.165) is 47.5 Å². The standard InChI is InChI=1S/C17H19ClN2O/c1-19-8-10-20(11-9-19)17(21)12-13-6-7-16(18)15-5-3-2-4-14(13)15/h2-7H,8-12H2,1H3. The van der Waals surface area contributed by atoms with Crippen LogP contribution in [0.1, 0.15) is 5.56 Å². The summed E-state index contributed by atoms with van der Waals surface area (Å²) in [7, 11) is 2.09. The van der Waals surface area contributed by atoms with Gasteiger partial charge in [-0.2, -0.15) is 0 Å². The van der Waals surface area contributed by atoms with Crippen LogP contribution in [0.15, 0.2) is 36.4 Å². The Balaban J connectivity index is 1.82. The quantitative estimate of drug-likeness (QED) is 0.852. The molecule has 1 saturated heterocycles. The number of hydrogen-bond acceptors (Lipinski definition) is 2. The normalized spacial score (nSPS) is 16.4. The number of halogens is 1. The molecule has 21 heavy (non-hydrogen) atoms. The van der Waals surface area contributed by atoms with Gasteiger partial charge in [-0.15, -0.1) is 0 Å². The van der Waals surface area contributed by atoms with E-state index < -0.39 is 0 Å². The minimum absolute atomic E-state index is 0.204. The molecule has 0 saturated carbocycles. The summed E-state index contributed by atoms with van der Waals surface area (Å²) in [6, 6.07) is 11.9. The molecule has 0 N–H and O–H groups in total. The van der Waals surface area contributed by atoms with Crippen molar-refractivity contribution in [2.45, 2.75) is 6.42 Å². The Hall–Kier alpha value is -1.58. The molecule has 0 bridgehead atoms. The van der Waals surface area contributed by atoms with Crippen LogP contribution in [0.5, 0.6) is 0 Å². The van der Waals surface area contributed by atoms with Crippen LogP contribution in [0.25, 0.3) is 10.8 Å². The van der Waals surface area contributed by atoms with E-state index in [4.69, 9.17) is 11.6 Å². The Morgan fingerprint density at radius 3 is 2.43 bits per heavy atom. The van der Waals surface area contributed by atoms with E-state index in [2.05, 4.69) is 11.9 Å². The van der Waals surface area contributed by atoms with Gasteiger partial charge >= 0.3 is 0 Å². The van der Waals surface area contributed by atoms with Gasteiger partial charge in [-0.25, -0.2) is 0 Å². The monoisotopic (exact) mass is 302 g/mol. The number of likely N-dealkylation sites (N-methyl/N-ethyl adjacent to an activating group) is 1. The molecule has 110 valence electrons. The topological polar surface area (TPSA) is 23.6 Å². The molecule has 0 radical (unpaired) electrons. The second-order valence-corrected chi connectivity index (χ2v) is 6.02. The average molecular weight is 303 g/mol. The van der Waals surface area contributed by atoms with Crippen LogP contribution in [-0.4, -0.2) is 48.9 Å². The molecule has 0 aliphatic carbocycles. The van der Waals surface area contributed by atoms with Crippen molar-refractivity contribution in [2.24, 2.45) is 0 Å². The van der Waals surface area contributed by atoms with Gasteiger partial charge in [0.15, 0.2) is 0 Å². The lowest BCUT2D eigenvalue weighted by atomic mass is 10.0. The first-order valence-electron chi connectivity index (χ1n) is 7.27. The smallest absolute Gasteiger partial charge is 0.227 e. The molecule has 0 spiro atoms. The summed E-state index contributed by atoms with van der Waals surface area (Å²) in [6.45, 7) is 3.54. The number of benzene rings is 2. The fraction of sp³-hybridized carbons (Fsp3) is 0.353. The molecule has 0 atom stereocenters. The lowest BCUT2D eigenvalue weighted by Gasteiger charge is -2.32. The fourth-order valence-electron chi connectivity index (χ4n) is 2.81. The van der Waals surface area contributed by atoms with Crippen molar-refractivity contribution in [3.8, 4) is 0 Å². The fourth-order valence-corrected chi connectivity index (χ4v) is 3.04. The van der Waals surface area contributed by atoms with Crippen LogP contribution in [0, 0.1) is 0 Å². The molecule has 1 aliphatic rings. The maximum Gasteiger partial charge on any atom is 0.227 e. The first kappa shape index (κ1) is 14.4. The second kappa shape index (κ2) is 6.04. The van der Waals surface area contributed by atoms with Crippen molar-refractivity contribution in [1.29, 1.82) is 0 Å². The van der Waals surface area contributed by atoms with Crippen molar-refractivity contribution in [1.82, 2.24) is 9.80 Å². The molecule has 1 fully saturated rings. The molecule has 0 unspecified atom stereocenters. The Kier molecular flexibility index (Phi) is 4.13. The lowest BCUT2D eigenvalue weighted by molar-refractivity contribution is -0.132. The number of piperazine rings is 1. The minimum atomic E-state index is 0.204. The summed E-state index contributed by atoms with van der Waals surface area (Å²) in [5.74, 6) is 0.204. The summed E-state index contributed by atoms with van der Waals surface area (Å²) in [5.41, 5.74) is 1.05. The SMILES string of the molecule is CN1CCN(C(=O)Cc2ccc(Cl)c3ccccc23)CC1. The summed E-state index contributed by atoms with van der Waals surface area (Å²) >= 11 is 6.23. The summed E-state index contributed by atoms with van der Waals surface area (Å²) in [5, 5.41) is 2.83. The van der Waals surface area contributed by atoms with Crippen LogP contribution < -0.4 is 0 Å². The van der Waals surface area contributed by atoms with Crippen molar-refractivity contribution in [2.75, 3.05) is 33.2 Å². The van der Waals surface area contributed by atoms with E-state index in [1.807, 2.05) is 41.3 Å². The summed E-state index contributed by atoms with van der Waals surface area (Å²) in [6.07, 6.45) is 0.446. The molecule has 2 aromatic rings. The number of nitrogens with zero attached hydrogens (tertiary/aromatic N) is 2. The Morgan fingerprint density at radius 2 is 1.71 bits per heavy atom. The molecule has 1 heterocycles. The number of carbonyl (C=O) groups excluding carboxylic acids is 1. The predicted octanol–water partition coefficient (Wildman–Crippen LogP) is 2.81. The first-order valence-corrected chi connectivity index (χ1v) is 7.65. The predicted molar refractivity (Wildman–Crippen MR) is 86.7 cm³/mol. The molecule has 0 aromatic heterocycles. The summed E-state index contributed by atoms with van der Waals surface area (Å²) in [4.78, 5) is 16.7. The molecule has 1 aliphatic heterocycles. The van der Waals surface area contributed by atoms with Crippen LogP contribution >= 0.6 is 11.6 Å². The molecular weight excluding hydrogens is 284 g/mol. The molecule has 1 amide bonds. The Bertz CT molecular complexity index is 663. The van der Waals surface area contributed by atoms with Gasteiger partial charge in [-0.3, -0.25) is 4.79 Å². The van der Waals surface area contributed by atoms with Crippen molar-refractivity contribution >= 4 is 28.3 Å². The van der Waals surface area contributed by atoms with Gasteiger partial charge in [-0.1, -0.05) is 41.9 Å². The van der Waals surface area contributed by atoms with Gasteiger partial charge in [0.25, 0.3) is 0 Å². The van der Waals surface area contributed by atoms with Crippen molar-refractivity contribution in [3.05, 3.63) is 47.0 Å². The van der Waals surface area contributed by atoms with Crippen LogP contribution in [0.4, 0.5) is 0 Å². The van der Waals surface area contributed by atoms with E-state index in [-0.39, 0.29) is 5.91 Å². The van der Waals surface area contributed by atoms with Gasteiger partial charge in [0.1, 0.15) is 0 Å². The highest BCUT2D eigenvalue weighted by molar-refractivity contribution is 6.35. The Morgan fingerprint density at radius 1 is 1.05 bits per heavy atom. The number of rotatable bonds is 2. The zero-order chi connectivity index (χ0) is 14.8. The van der Waals surface area contributed by atoms with Gasteiger partial charge in [0.2, 0.25) is 5.91 Å². The highest BCUT2D eigenvalue weighted by Gasteiger charge is 2.19. The van der Waals surface area contributed by atoms with Gasteiger partial charge in [0.05, 0.1) is 6.42 Å². The molecule has 3 rings (SSSR count). The van der Waals surface area contributed by atoms with E-state index in [0.29, 0.717) is 6.42 Å².